The fraction of sp³-hybridized carbons (Fsp3) is 0.500. The van der Waals surface area contributed by atoms with Crippen molar-refractivity contribution in [2.75, 3.05) is 40.9 Å². The van der Waals surface area contributed by atoms with E-state index in [4.69, 9.17) is 9.47 Å². The van der Waals surface area contributed by atoms with Crippen LogP contribution in [0.2, 0.25) is 0 Å². The molecule has 1 atom stereocenters. The highest BCUT2D eigenvalue weighted by atomic mass is 16.5. The number of methoxy groups -OCH3 is 2. The number of benzene rings is 1. The van der Waals surface area contributed by atoms with Gasteiger partial charge in [0.25, 0.3) is 0 Å². The van der Waals surface area contributed by atoms with E-state index in [1.54, 1.807) is 14.2 Å². The fourth-order valence-electron chi connectivity index (χ4n) is 2.67. The van der Waals surface area contributed by atoms with Crippen molar-refractivity contribution in [1.82, 2.24) is 15.5 Å². The Labute approximate surface area is 143 Å². The van der Waals surface area contributed by atoms with Crippen molar-refractivity contribution in [3.05, 3.63) is 35.4 Å². The minimum absolute atomic E-state index is 0.188. The normalized spacial score (nSPS) is 16.1. The summed E-state index contributed by atoms with van der Waals surface area (Å²) in [6.07, 6.45) is 3.17. The van der Waals surface area contributed by atoms with Gasteiger partial charge in [-0.2, -0.15) is 0 Å². The summed E-state index contributed by atoms with van der Waals surface area (Å²) in [6.45, 7) is 4.48. The highest BCUT2D eigenvalue weighted by Gasteiger charge is 2.16. The molecule has 0 saturated carbocycles. The average Bonchev–Trinajstić information content (AvgIpc) is 2.60. The van der Waals surface area contributed by atoms with E-state index < -0.39 is 0 Å². The number of rotatable bonds is 6. The number of carbonyl (C=O) groups is 1. The van der Waals surface area contributed by atoms with Crippen LogP contribution in [0.3, 0.4) is 0 Å². The molecule has 0 radical (unpaired) electrons. The second-order valence-electron chi connectivity index (χ2n) is 6.03. The Morgan fingerprint density at radius 1 is 1.33 bits per heavy atom. The molecule has 2 rings (SSSR count). The highest BCUT2D eigenvalue weighted by molar-refractivity contribution is 5.74. The zero-order chi connectivity index (χ0) is 17.5. The quantitative estimate of drug-likeness (QED) is 0.784. The topological polar surface area (TPSA) is 62.8 Å². The van der Waals surface area contributed by atoms with Crippen LogP contribution >= 0.6 is 0 Å². The zero-order valence-electron chi connectivity index (χ0n) is 14.9. The predicted molar refractivity (Wildman–Crippen MR) is 94.7 cm³/mol. The maximum absolute atomic E-state index is 12.2. The zero-order valence-corrected chi connectivity index (χ0v) is 14.9. The van der Waals surface area contributed by atoms with Gasteiger partial charge in [-0.15, -0.1) is 0 Å². The first-order valence-electron chi connectivity index (χ1n) is 8.16. The monoisotopic (exact) mass is 333 g/mol. The SMILES string of the molecule is COc1ccc(OC)c([C@@H](C)NC(=O)NCC2=CCN(C)CC2)c1. The van der Waals surface area contributed by atoms with Crippen LogP contribution in [0.15, 0.2) is 29.8 Å². The number of urea groups is 1. The first-order valence-corrected chi connectivity index (χ1v) is 8.16. The van der Waals surface area contributed by atoms with E-state index in [1.807, 2.05) is 25.1 Å². The highest BCUT2D eigenvalue weighted by Crippen LogP contribution is 2.29. The molecule has 0 bridgehead atoms. The van der Waals surface area contributed by atoms with Gasteiger partial charge in [-0.3, -0.25) is 0 Å². The molecule has 1 aromatic rings. The number of hydrogen-bond donors (Lipinski definition) is 2. The molecular weight excluding hydrogens is 306 g/mol. The molecule has 1 aliphatic rings. The van der Waals surface area contributed by atoms with Crippen molar-refractivity contribution in [2.24, 2.45) is 0 Å². The van der Waals surface area contributed by atoms with Crippen LogP contribution in [0.1, 0.15) is 24.9 Å². The Morgan fingerprint density at radius 3 is 2.75 bits per heavy atom. The van der Waals surface area contributed by atoms with Gasteiger partial charge in [0.2, 0.25) is 0 Å². The Hall–Kier alpha value is -2.21. The number of nitrogens with zero attached hydrogens (tertiary/aromatic N) is 1. The number of carbonyl (C=O) groups excluding carboxylic acids is 1. The van der Waals surface area contributed by atoms with Crippen LogP contribution in [0.4, 0.5) is 4.79 Å². The summed E-state index contributed by atoms with van der Waals surface area (Å²) in [5.74, 6) is 1.46. The van der Waals surface area contributed by atoms with Gasteiger partial charge in [0, 0.05) is 25.2 Å². The third-order valence-electron chi connectivity index (χ3n) is 4.23. The van der Waals surface area contributed by atoms with Gasteiger partial charge in [-0.25, -0.2) is 4.79 Å². The Morgan fingerprint density at radius 2 is 2.12 bits per heavy atom. The minimum Gasteiger partial charge on any atom is -0.497 e. The third kappa shape index (κ3) is 4.89. The van der Waals surface area contributed by atoms with Gasteiger partial charge in [0.15, 0.2) is 0 Å². The number of ether oxygens (including phenoxy) is 2. The molecule has 132 valence electrons. The molecule has 2 amide bonds. The van der Waals surface area contributed by atoms with E-state index in [0.717, 1.165) is 36.6 Å². The van der Waals surface area contributed by atoms with Crippen molar-refractivity contribution in [1.29, 1.82) is 0 Å². The summed E-state index contributed by atoms with van der Waals surface area (Å²) < 4.78 is 10.6. The van der Waals surface area contributed by atoms with E-state index in [0.29, 0.717) is 6.54 Å². The maximum atomic E-state index is 12.2. The van der Waals surface area contributed by atoms with E-state index in [1.165, 1.54) is 5.57 Å². The van der Waals surface area contributed by atoms with Gasteiger partial charge >= 0.3 is 6.03 Å². The van der Waals surface area contributed by atoms with Gasteiger partial charge in [-0.1, -0.05) is 11.6 Å². The number of amides is 2. The van der Waals surface area contributed by atoms with Crippen molar-refractivity contribution in [2.45, 2.75) is 19.4 Å². The van der Waals surface area contributed by atoms with E-state index in [2.05, 4.69) is 28.7 Å². The Kier molecular flexibility index (Phi) is 6.49. The van der Waals surface area contributed by atoms with E-state index in [9.17, 15) is 4.79 Å². The van der Waals surface area contributed by atoms with Crippen LogP contribution in [-0.2, 0) is 0 Å². The van der Waals surface area contributed by atoms with Crippen molar-refractivity contribution in [3.8, 4) is 11.5 Å². The van der Waals surface area contributed by atoms with Crippen molar-refractivity contribution < 1.29 is 14.3 Å². The smallest absolute Gasteiger partial charge is 0.315 e. The summed E-state index contributed by atoms with van der Waals surface area (Å²) >= 11 is 0. The molecule has 2 N–H and O–H groups in total. The molecule has 1 aliphatic heterocycles. The lowest BCUT2D eigenvalue weighted by Crippen LogP contribution is -2.39. The largest absolute Gasteiger partial charge is 0.497 e. The maximum Gasteiger partial charge on any atom is 0.315 e. The van der Waals surface area contributed by atoms with Gasteiger partial charge in [-0.05, 0) is 38.6 Å². The van der Waals surface area contributed by atoms with Gasteiger partial charge in [0.05, 0.1) is 20.3 Å². The Bertz CT molecular complexity index is 601. The molecule has 0 aromatic heterocycles. The molecule has 24 heavy (non-hydrogen) atoms. The average molecular weight is 333 g/mol. The van der Waals surface area contributed by atoms with Crippen molar-refractivity contribution >= 4 is 6.03 Å². The first kappa shape index (κ1) is 18.1. The van der Waals surface area contributed by atoms with E-state index >= 15 is 0 Å². The van der Waals surface area contributed by atoms with E-state index in [-0.39, 0.29) is 12.1 Å². The number of likely N-dealkylation sites (N-methyl/N-ethyl adjacent to an activating group) is 1. The third-order valence-corrected chi connectivity index (χ3v) is 4.23. The lowest BCUT2D eigenvalue weighted by atomic mass is 10.1. The number of nitrogens with one attached hydrogen (secondary N) is 2. The van der Waals surface area contributed by atoms with Gasteiger partial charge in [0.1, 0.15) is 11.5 Å². The molecule has 6 heteroatoms. The molecule has 6 nitrogen and oxygen atoms in total. The van der Waals surface area contributed by atoms with Crippen LogP contribution in [0.5, 0.6) is 11.5 Å². The van der Waals surface area contributed by atoms with Crippen molar-refractivity contribution in [3.63, 3.8) is 0 Å². The van der Waals surface area contributed by atoms with Crippen LogP contribution in [0, 0.1) is 0 Å². The molecule has 1 heterocycles. The standard InChI is InChI=1S/C18H27N3O3/c1-13(16-11-15(23-3)5-6-17(16)24-4)20-18(22)19-12-14-7-9-21(2)10-8-14/h5-7,11,13H,8-10,12H2,1-4H3,(H2,19,20,22)/t13-/m1/s1. The lowest BCUT2D eigenvalue weighted by Gasteiger charge is -2.23. The summed E-state index contributed by atoms with van der Waals surface area (Å²) in [5, 5.41) is 5.87. The molecule has 0 fully saturated rings. The number of hydrogen-bond acceptors (Lipinski definition) is 4. The molecule has 0 aliphatic carbocycles. The second kappa shape index (κ2) is 8.59. The lowest BCUT2D eigenvalue weighted by molar-refractivity contribution is 0.238. The fourth-order valence-corrected chi connectivity index (χ4v) is 2.67. The molecule has 0 unspecified atom stereocenters. The predicted octanol–water partition coefficient (Wildman–Crippen LogP) is 2.33. The summed E-state index contributed by atoms with van der Waals surface area (Å²) in [5.41, 5.74) is 2.15. The second-order valence-corrected chi connectivity index (χ2v) is 6.03. The minimum atomic E-state index is -0.193. The Balaban J connectivity index is 1.91. The van der Waals surface area contributed by atoms with Crippen LogP contribution in [-0.4, -0.2) is 51.8 Å². The van der Waals surface area contributed by atoms with Crippen LogP contribution in [0.25, 0.3) is 0 Å². The summed E-state index contributed by atoms with van der Waals surface area (Å²) in [7, 11) is 5.33. The molecule has 1 aromatic carbocycles. The first-order chi connectivity index (χ1) is 11.5. The summed E-state index contributed by atoms with van der Waals surface area (Å²) in [6, 6.07) is 5.17. The molecular formula is C18H27N3O3. The molecule has 0 spiro atoms. The van der Waals surface area contributed by atoms with Crippen LogP contribution < -0.4 is 20.1 Å². The van der Waals surface area contributed by atoms with Gasteiger partial charge < -0.3 is 25.0 Å². The summed E-state index contributed by atoms with van der Waals surface area (Å²) in [4.78, 5) is 14.4. The molecule has 0 saturated heterocycles.